The van der Waals surface area contributed by atoms with Crippen molar-refractivity contribution < 1.29 is 13.5 Å². The molecule has 1 saturated heterocycles. The van der Waals surface area contributed by atoms with Crippen LogP contribution in [-0.4, -0.2) is 37.0 Å². The minimum Gasteiger partial charge on any atom is -0.393 e. The summed E-state index contributed by atoms with van der Waals surface area (Å²) in [5.74, 6) is 0.182. The van der Waals surface area contributed by atoms with Crippen molar-refractivity contribution in [3.63, 3.8) is 0 Å². The first-order valence-corrected chi connectivity index (χ1v) is 8.59. The van der Waals surface area contributed by atoms with Crippen molar-refractivity contribution in [1.82, 2.24) is 4.31 Å². The third kappa shape index (κ3) is 3.01. The fourth-order valence-corrected chi connectivity index (χ4v) is 4.55. The van der Waals surface area contributed by atoms with Gasteiger partial charge in [0.15, 0.2) is 0 Å². The lowest BCUT2D eigenvalue weighted by Crippen LogP contribution is -2.40. The highest BCUT2D eigenvalue weighted by Gasteiger charge is 2.31. The topological polar surface area (TPSA) is 57.6 Å². The summed E-state index contributed by atoms with van der Waals surface area (Å²) < 4.78 is 26.8. The maximum atomic E-state index is 12.6. The van der Waals surface area contributed by atoms with Crippen LogP contribution in [0, 0.1) is 12.8 Å². The smallest absolute Gasteiger partial charge is 0.243 e. The van der Waals surface area contributed by atoms with Crippen molar-refractivity contribution >= 4 is 21.6 Å². The first kappa shape index (κ1) is 15.8. The zero-order valence-electron chi connectivity index (χ0n) is 11.7. The molecule has 0 amide bonds. The molecular weight excluding hydrogens is 298 g/mol. The van der Waals surface area contributed by atoms with Crippen LogP contribution in [0.2, 0.25) is 5.02 Å². The fourth-order valence-electron chi connectivity index (χ4n) is 2.60. The molecule has 0 bridgehead atoms. The molecule has 1 atom stereocenters. The Morgan fingerprint density at radius 2 is 1.95 bits per heavy atom. The number of aliphatic hydroxyl groups excluding tert-OH is 1. The maximum Gasteiger partial charge on any atom is 0.243 e. The van der Waals surface area contributed by atoms with E-state index in [1.54, 1.807) is 32.0 Å². The molecular formula is C14H20ClNO3S. The number of rotatable bonds is 3. The van der Waals surface area contributed by atoms with E-state index < -0.39 is 10.0 Å². The van der Waals surface area contributed by atoms with Crippen LogP contribution in [0.1, 0.15) is 25.3 Å². The number of benzene rings is 1. The van der Waals surface area contributed by atoms with Crippen LogP contribution in [-0.2, 0) is 10.0 Å². The Kier molecular flexibility index (Phi) is 4.74. The van der Waals surface area contributed by atoms with E-state index in [0.717, 1.165) is 0 Å². The molecule has 6 heteroatoms. The summed E-state index contributed by atoms with van der Waals surface area (Å²) in [6.07, 6.45) is 1.00. The molecule has 112 valence electrons. The average Bonchev–Trinajstić information content (AvgIpc) is 2.41. The summed E-state index contributed by atoms with van der Waals surface area (Å²) in [6, 6.07) is 4.94. The summed E-state index contributed by atoms with van der Waals surface area (Å²) >= 11 is 6.01. The van der Waals surface area contributed by atoms with Crippen molar-refractivity contribution in [1.29, 1.82) is 0 Å². The second kappa shape index (κ2) is 6.02. The summed E-state index contributed by atoms with van der Waals surface area (Å²) in [7, 11) is -3.50. The van der Waals surface area contributed by atoms with Gasteiger partial charge in [0.1, 0.15) is 0 Å². The number of hydrogen-bond acceptors (Lipinski definition) is 3. The molecule has 1 aromatic rings. The minimum absolute atomic E-state index is 0.182. The van der Waals surface area contributed by atoms with E-state index in [-0.39, 0.29) is 16.9 Å². The fraction of sp³-hybridized carbons (Fsp3) is 0.571. The molecule has 1 aromatic carbocycles. The number of hydrogen-bond donors (Lipinski definition) is 1. The molecule has 0 saturated carbocycles. The zero-order valence-corrected chi connectivity index (χ0v) is 13.3. The quantitative estimate of drug-likeness (QED) is 0.931. The van der Waals surface area contributed by atoms with Crippen LogP contribution in [0.25, 0.3) is 0 Å². The lowest BCUT2D eigenvalue weighted by molar-refractivity contribution is 0.0912. The Labute approximate surface area is 125 Å². The van der Waals surface area contributed by atoms with Gasteiger partial charge < -0.3 is 5.11 Å². The highest BCUT2D eigenvalue weighted by atomic mass is 35.5. The zero-order chi connectivity index (χ0) is 14.9. The van der Waals surface area contributed by atoms with Crippen molar-refractivity contribution in [2.75, 3.05) is 13.1 Å². The van der Waals surface area contributed by atoms with E-state index in [1.165, 1.54) is 4.31 Å². The first-order chi connectivity index (χ1) is 9.34. The summed E-state index contributed by atoms with van der Waals surface area (Å²) in [6.45, 7) is 4.38. The van der Waals surface area contributed by atoms with Crippen LogP contribution >= 0.6 is 11.6 Å². The SMILES string of the molecule is Cc1c(Cl)cccc1S(=O)(=O)N1CCC(C(C)O)CC1. The molecule has 4 nitrogen and oxygen atoms in total. The Hall–Kier alpha value is -0.620. The normalized spacial score (nSPS) is 20.0. The lowest BCUT2D eigenvalue weighted by atomic mass is 9.93. The van der Waals surface area contributed by atoms with Crippen LogP contribution in [0.15, 0.2) is 23.1 Å². The Morgan fingerprint density at radius 1 is 1.35 bits per heavy atom. The van der Waals surface area contributed by atoms with Crippen LogP contribution in [0.5, 0.6) is 0 Å². The minimum atomic E-state index is -3.50. The Balaban J connectivity index is 2.22. The summed E-state index contributed by atoms with van der Waals surface area (Å²) in [5.41, 5.74) is 0.590. The van der Waals surface area contributed by atoms with Crippen LogP contribution < -0.4 is 0 Å². The van der Waals surface area contributed by atoms with Gasteiger partial charge in [0, 0.05) is 18.1 Å². The molecule has 2 rings (SSSR count). The molecule has 1 heterocycles. The van der Waals surface area contributed by atoms with Crippen molar-refractivity contribution in [3.05, 3.63) is 28.8 Å². The van der Waals surface area contributed by atoms with Gasteiger partial charge in [-0.25, -0.2) is 8.42 Å². The molecule has 0 aromatic heterocycles. The first-order valence-electron chi connectivity index (χ1n) is 6.77. The van der Waals surface area contributed by atoms with Gasteiger partial charge in [-0.05, 0) is 50.3 Å². The standard InChI is InChI=1S/C14H20ClNO3S/c1-10-13(15)4-3-5-14(10)20(18,19)16-8-6-12(7-9-16)11(2)17/h3-5,11-12,17H,6-9H2,1-2H3. The van der Waals surface area contributed by atoms with E-state index in [0.29, 0.717) is 36.5 Å². The third-order valence-corrected chi connectivity index (χ3v) is 6.47. The Morgan fingerprint density at radius 3 is 2.50 bits per heavy atom. The maximum absolute atomic E-state index is 12.6. The number of halogens is 1. The molecule has 1 aliphatic heterocycles. The largest absolute Gasteiger partial charge is 0.393 e. The third-order valence-electron chi connectivity index (χ3n) is 4.02. The lowest BCUT2D eigenvalue weighted by Gasteiger charge is -2.32. The van der Waals surface area contributed by atoms with Gasteiger partial charge in [-0.15, -0.1) is 0 Å². The molecule has 1 fully saturated rings. The Bertz CT molecular complexity index is 578. The summed E-state index contributed by atoms with van der Waals surface area (Å²) in [5, 5.41) is 10.0. The van der Waals surface area contributed by atoms with E-state index >= 15 is 0 Å². The van der Waals surface area contributed by atoms with Crippen molar-refractivity contribution in [3.8, 4) is 0 Å². The van der Waals surface area contributed by atoms with E-state index in [2.05, 4.69) is 0 Å². The second-order valence-electron chi connectivity index (χ2n) is 5.35. The van der Waals surface area contributed by atoms with E-state index in [4.69, 9.17) is 11.6 Å². The number of piperidine rings is 1. The molecule has 0 spiro atoms. The van der Waals surface area contributed by atoms with Crippen LogP contribution in [0.3, 0.4) is 0 Å². The number of nitrogens with zero attached hydrogens (tertiary/aromatic N) is 1. The van der Waals surface area contributed by atoms with Gasteiger partial charge in [0.2, 0.25) is 10.0 Å². The van der Waals surface area contributed by atoms with Gasteiger partial charge in [-0.3, -0.25) is 0 Å². The van der Waals surface area contributed by atoms with Gasteiger partial charge >= 0.3 is 0 Å². The van der Waals surface area contributed by atoms with E-state index in [9.17, 15) is 13.5 Å². The summed E-state index contributed by atoms with van der Waals surface area (Å²) in [4.78, 5) is 0.278. The number of aliphatic hydroxyl groups is 1. The predicted molar refractivity (Wildman–Crippen MR) is 79.4 cm³/mol. The van der Waals surface area contributed by atoms with E-state index in [1.807, 2.05) is 0 Å². The molecule has 1 unspecified atom stereocenters. The van der Waals surface area contributed by atoms with Gasteiger partial charge in [-0.2, -0.15) is 4.31 Å². The average molecular weight is 318 g/mol. The van der Waals surface area contributed by atoms with Gasteiger partial charge in [0.05, 0.1) is 11.0 Å². The molecule has 0 aliphatic carbocycles. The molecule has 1 aliphatic rings. The monoisotopic (exact) mass is 317 g/mol. The predicted octanol–water partition coefficient (Wildman–Crippen LogP) is 2.43. The second-order valence-corrected chi connectivity index (χ2v) is 7.66. The molecule has 20 heavy (non-hydrogen) atoms. The molecule has 0 radical (unpaired) electrons. The number of sulfonamides is 1. The van der Waals surface area contributed by atoms with Gasteiger partial charge in [-0.1, -0.05) is 17.7 Å². The highest BCUT2D eigenvalue weighted by molar-refractivity contribution is 7.89. The highest BCUT2D eigenvalue weighted by Crippen LogP contribution is 2.29. The van der Waals surface area contributed by atoms with Crippen molar-refractivity contribution in [2.45, 2.75) is 37.7 Å². The van der Waals surface area contributed by atoms with Crippen LogP contribution in [0.4, 0.5) is 0 Å². The van der Waals surface area contributed by atoms with Gasteiger partial charge in [0.25, 0.3) is 0 Å². The van der Waals surface area contributed by atoms with Crippen molar-refractivity contribution in [2.24, 2.45) is 5.92 Å². The molecule has 1 N–H and O–H groups in total.